The fourth-order valence-electron chi connectivity index (χ4n) is 1.64. The Bertz CT molecular complexity index is 299. The van der Waals surface area contributed by atoms with E-state index in [2.05, 4.69) is 4.98 Å². The van der Waals surface area contributed by atoms with Crippen LogP contribution in [0.2, 0.25) is 0 Å². The zero-order valence-corrected chi connectivity index (χ0v) is 6.95. The molecule has 1 aromatic heterocycles. The largest absolute Gasteiger partial charge is 0.496 e. The zero-order chi connectivity index (χ0) is 8.55. The average molecular weight is 165 g/mol. The topological polar surface area (TPSA) is 42.4 Å². The van der Waals surface area contributed by atoms with Crippen LogP contribution < -0.4 is 4.74 Å². The molecule has 3 heteroatoms. The van der Waals surface area contributed by atoms with Crippen LogP contribution in [0.15, 0.2) is 12.3 Å². The van der Waals surface area contributed by atoms with Crippen molar-refractivity contribution in [1.29, 1.82) is 0 Å². The molecule has 3 nitrogen and oxygen atoms in total. The van der Waals surface area contributed by atoms with Gasteiger partial charge in [0.05, 0.1) is 18.9 Å². The third-order valence-corrected chi connectivity index (χ3v) is 2.25. The number of fused-ring (bicyclic) bond motifs is 1. The minimum absolute atomic E-state index is 0.393. The first-order valence-electron chi connectivity index (χ1n) is 4.02. The van der Waals surface area contributed by atoms with Crippen molar-refractivity contribution in [2.24, 2.45) is 0 Å². The third-order valence-electron chi connectivity index (χ3n) is 2.25. The van der Waals surface area contributed by atoms with Gasteiger partial charge in [0.2, 0.25) is 0 Å². The van der Waals surface area contributed by atoms with Gasteiger partial charge in [0, 0.05) is 11.8 Å². The van der Waals surface area contributed by atoms with Crippen molar-refractivity contribution in [2.45, 2.75) is 18.9 Å². The van der Waals surface area contributed by atoms with Gasteiger partial charge in [-0.15, -0.1) is 0 Å². The molecular weight excluding hydrogens is 154 g/mol. The summed E-state index contributed by atoms with van der Waals surface area (Å²) in [6.07, 6.45) is 2.91. The average Bonchev–Trinajstić information content (AvgIpc) is 2.48. The SMILES string of the molecule is COc1ccnc2c1CC[C@H]2O. The number of nitrogens with zero attached hydrogens (tertiary/aromatic N) is 1. The van der Waals surface area contributed by atoms with E-state index in [4.69, 9.17) is 4.74 Å². The molecule has 0 saturated heterocycles. The maximum atomic E-state index is 9.48. The van der Waals surface area contributed by atoms with Gasteiger partial charge in [-0.25, -0.2) is 0 Å². The molecule has 0 fully saturated rings. The lowest BCUT2D eigenvalue weighted by Gasteiger charge is -2.05. The second kappa shape index (κ2) is 2.75. The number of hydrogen-bond acceptors (Lipinski definition) is 3. The Hall–Kier alpha value is -1.09. The van der Waals surface area contributed by atoms with Crippen molar-refractivity contribution in [3.63, 3.8) is 0 Å². The highest BCUT2D eigenvalue weighted by Gasteiger charge is 2.24. The molecule has 12 heavy (non-hydrogen) atoms. The minimum atomic E-state index is -0.393. The van der Waals surface area contributed by atoms with E-state index in [0.29, 0.717) is 0 Å². The van der Waals surface area contributed by atoms with Crippen LogP contribution in [0.3, 0.4) is 0 Å². The van der Waals surface area contributed by atoms with Crippen LogP contribution in [-0.4, -0.2) is 17.2 Å². The molecule has 0 aliphatic heterocycles. The van der Waals surface area contributed by atoms with E-state index in [1.54, 1.807) is 13.3 Å². The van der Waals surface area contributed by atoms with E-state index < -0.39 is 6.10 Å². The summed E-state index contributed by atoms with van der Waals surface area (Å²) in [5.41, 5.74) is 1.85. The normalized spacial score (nSPS) is 20.7. The maximum absolute atomic E-state index is 9.48. The number of aliphatic hydroxyl groups is 1. The minimum Gasteiger partial charge on any atom is -0.496 e. The van der Waals surface area contributed by atoms with E-state index in [-0.39, 0.29) is 0 Å². The summed E-state index contributed by atoms with van der Waals surface area (Å²) in [6, 6.07) is 1.83. The van der Waals surface area contributed by atoms with E-state index >= 15 is 0 Å². The Labute approximate surface area is 71.0 Å². The van der Waals surface area contributed by atoms with Crippen LogP contribution in [0.4, 0.5) is 0 Å². The number of hydrogen-bond donors (Lipinski definition) is 1. The molecule has 0 spiro atoms. The lowest BCUT2D eigenvalue weighted by molar-refractivity contribution is 0.176. The Morgan fingerprint density at radius 1 is 1.67 bits per heavy atom. The molecule has 2 rings (SSSR count). The van der Waals surface area contributed by atoms with Gasteiger partial charge < -0.3 is 9.84 Å². The third kappa shape index (κ3) is 0.975. The van der Waals surface area contributed by atoms with E-state index in [1.807, 2.05) is 6.07 Å². The van der Waals surface area contributed by atoms with Crippen LogP contribution >= 0.6 is 0 Å². The summed E-state index contributed by atoms with van der Waals surface area (Å²) in [4.78, 5) is 4.12. The van der Waals surface area contributed by atoms with Crippen LogP contribution in [0.25, 0.3) is 0 Å². The Morgan fingerprint density at radius 2 is 2.50 bits per heavy atom. The Morgan fingerprint density at radius 3 is 3.25 bits per heavy atom. The fourth-order valence-corrected chi connectivity index (χ4v) is 1.64. The molecule has 1 aliphatic rings. The van der Waals surface area contributed by atoms with Crippen LogP contribution in [0.5, 0.6) is 5.75 Å². The fraction of sp³-hybridized carbons (Fsp3) is 0.444. The second-order valence-electron chi connectivity index (χ2n) is 2.93. The Balaban J connectivity index is 2.50. The summed E-state index contributed by atoms with van der Waals surface area (Å²) in [5, 5.41) is 9.48. The summed E-state index contributed by atoms with van der Waals surface area (Å²) in [7, 11) is 1.64. The molecule has 0 bridgehead atoms. The predicted molar refractivity (Wildman–Crippen MR) is 44.1 cm³/mol. The molecule has 0 aromatic carbocycles. The molecular formula is C9H11NO2. The van der Waals surface area contributed by atoms with Crippen molar-refractivity contribution in [1.82, 2.24) is 4.98 Å². The van der Waals surface area contributed by atoms with Crippen molar-refractivity contribution in [2.75, 3.05) is 7.11 Å². The van der Waals surface area contributed by atoms with Crippen molar-refractivity contribution in [3.05, 3.63) is 23.5 Å². The van der Waals surface area contributed by atoms with Gasteiger partial charge in [-0.2, -0.15) is 0 Å². The summed E-state index contributed by atoms with van der Waals surface area (Å²) >= 11 is 0. The van der Waals surface area contributed by atoms with Gasteiger partial charge in [0.1, 0.15) is 5.75 Å². The summed E-state index contributed by atoms with van der Waals surface area (Å²) in [6.45, 7) is 0. The molecule has 0 saturated carbocycles. The van der Waals surface area contributed by atoms with Gasteiger partial charge in [-0.1, -0.05) is 0 Å². The molecule has 1 aromatic rings. The Kier molecular flexibility index (Phi) is 1.73. The number of rotatable bonds is 1. The van der Waals surface area contributed by atoms with E-state index in [1.165, 1.54) is 0 Å². The zero-order valence-electron chi connectivity index (χ0n) is 6.95. The van der Waals surface area contributed by atoms with Gasteiger partial charge in [-0.05, 0) is 18.9 Å². The molecule has 1 N–H and O–H groups in total. The highest BCUT2D eigenvalue weighted by molar-refractivity contribution is 5.39. The molecule has 0 amide bonds. The van der Waals surface area contributed by atoms with Gasteiger partial charge in [0.15, 0.2) is 0 Å². The molecule has 1 aliphatic carbocycles. The molecule has 0 unspecified atom stereocenters. The van der Waals surface area contributed by atoms with Crippen LogP contribution in [0, 0.1) is 0 Å². The number of aromatic nitrogens is 1. The van der Waals surface area contributed by atoms with Crippen molar-refractivity contribution < 1.29 is 9.84 Å². The standard InChI is InChI=1S/C9H11NO2/c1-12-8-4-5-10-9-6(8)2-3-7(9)11/h4-5,7,11H,2-3H2,1H3/t7-/m1/s1. The maximum Gasteiger partial charge on any atom is 0.125 e. The first-order valence-corrected chi connectivity index (χ1v) is 4.02. The quantitative estimate of drug-likeness (QED) is 0.676. The summed E-state index contributed by atoms with van der Waals surface area (Å²) < 4.78 is 5.15. The number of aliphatic hydroxyl groups excluding tert-OH is 1. The van der Waals surface area contributed by atoms with Crippen LogP contribution in [-0.2, 0) is 6.42 Å². The number of methoxy groups -OCH3 is 1. The molecule has 64 valence electrons. The highest BCUT2D eigenvalue weighted by Crippen LogP contribution is 2.34. The number of pyridine rings is 1. The monoisotopic (exact) mass is 165 g/mol. The first kappa shape index (κ1) is 7.55. The smallest absolute Gasteiger partial charge is 0.125 e. The molecule has 0 radical (unpaired) electrons. The highest BCUT2D eigenvalue weighted by atomic mass is 16.5. The van der Waals surface area contributed by atoms with E-state index in [9.17, 15) is 5.11 Å². The molecule has 1 atom stereocenters. The van der Waals surface area contributed by atoms with Crippen molar-refractivity contribution in [3.8, 4) is 5.75 Å². The summed E-state index contributed by atoms with van der Waals surface area (Å²) in [5.74, 6) is 0.844. The lowest BCUT2D eigenvalue weighted by Crippen LogP contribution is -1.96. The number of ether oxygens (including phenoxy) is 1. The first-order chi connectivity index (χ1) is 5.83. The van der Waals surface area contributed by atoms with Gasteiger partial charge >= 0.3 is 0 Å². The van der Waals surface area contributed by atoms with Gasteiger partial charge in [0.25, 0.3) is 0 Å². The second-order valence-corrected chi connectivity index (χ2v) is 2.93. The van der Waals surface area contributed by atoms with Gasteiger partial charge in [-0.3, -0.25) is 4.98 Å². The molecule has 1 heterocycles. The lowest BCUT2D eigenvalue weighted by atomic mass is 10.2. The van der Waals surface area contributed by atoms with Crippen LogP contribution in [0.1, 0.15) is 23.8 Å². The van der Waals surface area contributed by atoms with E-state index in [0.717, 1.165) is 29.8 Å². The van der Waals surface area contributed by atoms with Crippen molar-refractivity contribution >= 4 is 0 Å². The predicted octanol–water partition coefficient (Wildman–Crippen LogP) is 1.07.